The van der Waals surface area contributed by atoms with E-state index >= 15 is 0 Å². The van der Waals surface area contributed by atoms with Gasteiger partial charge in [0.1, 0.15) is 9.84 Å². The number of hydrogen-bond acceptors (Lipinski definition) is 5. The zero-order valence-electron chi connectivity index (χ0n) is 13.0. The van der Waals surface area contributed by atoms with E-state index in [9.17, 15) is 16.8 Å². The molecule has 1 fully saturated rings. The van der Waals surface area contributed by atoms with Crippen LogP contribution in [0.2, 0.25) is 0 Å². The normalized spacial score (nSPS) is 27.2. The van der Waals surface area contributed by atoms with Crippen molar-refractivity contribution < 1.29 is 16.8 Å². The van der Waals surface area contributed by atoms with Gasteiger partial charge in [0.05, 0.1) is 10.00 Å². The lowest BCUT2D eigenvalue weighted by Crippen LogP contribution is -2.55. The van der Waals surface area contributed by atoms with Crippen LogP contribution in [0.3, 0.4) is 0 Å². The summed E-state index contributed by atoms with van der Waals surface area (Å²) in [7, 11) is -4.54. The molecule has 0 radical (unpaired) electrons. The maximum absolute atomic E-state index is 12.0. The summed E-state index contributed by atoms with van der Waals surface area (Å²) >= 11 is 0. The molecule has 120 valence electrons. The lowest BCUT2D eigenvalue weighted by Gasteiger charge is -2.41. The number of hydrogen-bond donors (Lipinski definition) is 1. The average molecular weight is 325 g/mol. The first-order valence-electron chi connectivity index (χ1n) is 6.97. The van der Waals surface area contributed by atoms with Crippen LogP contribution in [0.15, 0.2) is 0 Å². The lowest BCUT2D eigenvalue weighted by atomic mass is 9.79. The Bertz CT molecular complexity index is 537. The molecule has 0 aliphatic heterocycles. The highest BCUT2D eigenvalue weighted by atomic mass is 32.2. The predicted molar refractivity (Wildman–Crippen MR) is 82.4 cm³/mol. The molecule has 1 aliphatic rings. The molecule has 3 atom stereocenters. The molecule has 3 unspecified atom stereocenters. The Hall–Kier alpha value is -0.140. The van der Waals surface area contributed by atoms with Crippen LogP contribution < -0.4 is 5.32 Å². The second kappa shape index (κ2) is 5.93. The first-order chi connectivity index (χ1) is 8.91. The third-order valence-electron chi connectivity index (χ3n) is 4.76. The maximum atomic E-state index is 12.0. The summed E-state index contributed by atoms with van der Waals surface area (Å²) in [6, 6.07) is -0.234. The van der Waals surface area contributed by atoms with Crippen molar-refractivity contribution in [2.45, 2.75) is 55.6 Å². The molecular formula is C13H27NO4S2. The van der Waals surface area contributed by atoms with Gasteiger partial charge in [0.25, 0.3) is 0 Å². The van der Waals surface area contributed by atoms with Crippen LogP contribution in [0.1, 0.15) is 39.5 Å². The summed E-state index contributed by atoms with van der Waals surface area (Å²) in [5, 5.41) is 2.78. The van der Waals surface area contributed by atoms with Crippen molar-refractivity contribution in [3.05, 3.63) is 0 Å². The van der Waals surface area contributed by atoms with Crippen molar-refractivity contribution in [2.75, 3.05) is 19.6 Å². The van der Waals surface area contributed by atoms with Gasteiger partial charge in [0.15, 0.2) is 9.84 Å². The molecule has 1 aliphatic carbocycles. The zero-order valence-corrected chi connectivity index (χ0v) is 14.6. The van der Waals surface area contributed by atoms with E-state index in [0.29, 0.717) is 12.8 Å². The molecule has 0 saturated heterocycles. The molecule has 7 heteroatoms. The molecule has 0 bridgehead atoms. The Morgan fingerprint density at radius 1 is 1.10 bits per heavy atom. The number of sulfone groups is 2. The number of nitrogens with one attached hydrogen (secondary N) is 1. The molecule has 0 amide bonds. The minimum atomic E-state index is -3.23. The van der Waals surface area contributed by atoms with Crippen molar-refractivity contribution >= 4 is 19.7 Å². The Labute approximate surface area is 123 Å². The van der Waals surface area contributed by atoms with Crippen LogP contribution in [-0.4, -0.2) is 52.4 Å². The van der Waals surface area contributed by atoms with Crippen molar-refractivity contribution in [1.82, 2.24) is 5.32 Å². The largest absolute Gasteiger partial charge is 0.315 e. The van der Waals surface area contributed by atoms with Crippen LogP contribution in [0.4, 0.5) is 0 Å². The predicted octanol–water partition coefficient (Wildman–Crippen LogP) is 1.00. The second-order valence-corrected chi connectivity index (χ2v) is 11.4. The van der Waals surface area contributed by atoms with Crippen LogP contribution in [-0.2, 0) is 19.7 Å². The standard InChI is InChI=1S/C13H27NO4S2/c1-13(2,20(5,17)18)12(14-3)10-7-6-8-11(9-10)19(4,15)16/h10-12,14H,6-9H2,1-5H3. The van der Waals surface area contributed by atoms with Crippen LogP contribution in [0.5, 0.6) is 0 Å². The minimum Gasteiger partial charge on any atom is -0.315 e. The molecule has 0 heterocycles. The Morgan fingerprint density at radius 3 is 2.05 bits per heavy atom. The third kappa shape index (κ3) is 3.74. The number of rotatable bonds is 5. The molecular weight excluding hydrogens is 298 g/mol. The van der Waals surface area contributed by atoms with Crippen LogP contribution in [0.25, 0.3) is 0 Å². The zero-order chi connectivity index (χ0) is 15.8. The fraction of sp³-hybridized carbons (Fsp3) is 1.00. The molecule has 0 spiro atoms. The van der Waals surface area contributed by atoms with Gasteiger partial charge < -0.3 is 5.32 Å². The lowest BCUT2D eigenvalue weighted by molar-refractivity contribution is 0.244. The van der Waals surface area contributed by atoms with Gasteiger partial charge in [-0.3, -0.25) is 0 Å². The van der Waals surface area contributed by atoms with E-state index in [1.54, 1.807) is 20.9 Å². The Morgan fingerprint density at radius 2 is 1.65 bits per heavy atom. The van der Waals surface area contributed by atoms with Gasteiger partial charge in [-0.25, -0.2) is 16.8 Å². The van der Waals surface area contributed by atoms with Gasteiger partial charge in [0.2, 0.25) is 0 Å². The second-order valence-electron chi connectivity index (χ2n) is 6.52. The summed E-state index contributed by atoms with van der Waals surface area (Å²) in [4.78, 5) is 0. The average Bonchev–Trinajstić information content (AvgIpc) is 2.27. The van der Waals surface area contributed by atoms with Gasteiger partial charge in [-0.15, -0.1) is 0 Å². The van der Waals surface area contributed by atoms with Crippen molar-refractivity contribution in [3.8, 4) is 0 Å². The molecule has 1 N–H and O–H groups in total. The van der Waals surface area contributed by atoms with E-state index in [-0.39, 0.29) is 17.2 Å². The van der Waals surface area contributed by atoms with E-state index in [0.717, 1.165) is 12.8 Å². The van der Waals surface area contributed by atoms with Gasteiger partial charge >= 0.3 is 0 Å². The highest BCUT2D eigenvalue weighted by Crippen LogP contribution is 2.36. The first-order valence-corrected chi connectivity index (χ1v) is 10.8. The molecule has 5 nitrogen and oxygen atoms in total. The maximum Gasteiger partial charge on any atom is 0.154 e. The first kappa shape index (κ1) is 17.9. The molecule has 20 heavy (non-hydrogen) atoms. The van der Waals surface area contributed by atoms with Crippen LogP contribution in [0, 0.1) is 5.92 Å². The summed E-state index contributed by atoms with van der Waals surface area (Å²) in [5.74, 6) is 0.0678. The molecule has 1 rings (SSSR count). The Balaban J connectivity index is 3.02. The highest BCUT2D eigenvalue weighted by molar-refractivity contribution is 7.92. The fourth-order valence-electron chi connectivity index (χ4n) is 3.25. The summed E-state index contributed by atoms with van der Waals surface area (Å²) < 4.78 is 46.6. The summed E-state index contributed by atoms with van der Waals surface area (Å²) in [6.07, 6.45) is 5.45. The highest BCUT2D eigenvalue weighted by Gasteiger charge is 2.44. The minimum absolute atomic E-state index is 0.0678. The van der Waals surface area contributed by atoms with Gasteiger partial charge in [-0.05, 0) is 46.1 Å². The SMILES string of the molecule is CNC(C1CCCC(S(C)(=O)=O)C1)C(C)(C)S(C)(=O)=O. The van der Waals surface area contributed by atoms with E-state index in [1.807, 2.05) is 0 Å². The quantitative estimate of drug-likeness (QED) is 0.816. The molecule has 1 saturated carbocycles. The smallest absolute Gasteiger partial charge is 0.154 e. The van der Waals surface area contributed by atoms with Gasteiger partial charge in [-0.1, -0.05) is 6.42 Å². The van der Waals surface area contributed by atoms with Crippen LogP contribution >= 0.6 is 0 Å². The monoisotopic (exact) mass is 325 g/mol. The van der Waals surface area contributed by atoms with Gasteiger partial charge in [-0.2, -0.15) is 0 Å². The fourth-order valence-corrected chi connectivity index (χ4v) is 5.22. The van der Waals surface area contributed by atoms with Crippen molar-refractivity contribution in [2.24, 2.45) is 5.92 Å². The molecule has 0 aromatic heterocycles. The van der Waals surface area contributed by atoms with E-state index in [4.69, 9.17) is 0 Å². The molecule has 0 aromatic rings. The van der Waals surface area contributed by atoms with Gasteiger partial charge in [0, 0.05) is 18.6 Å². The van der Waals surface area contributed by atoms with E-state index in [1.165, 1.54) is 12.5 Å². The third-order valence-corrected chi connectivity index (χ3v) is 8.56. The Kier molecular flexibility index (Phi) is 5.31. The van der Waals surface area contributed by atoms with Crippen molar-refractivity contribution in [3.63, 3.8) is 0 Å². The van der Waals surface area contributed by atoms with Crippen molar-refractivity contribution in [1.29, 1.82) is 0 Å². The topological polar surface area (TPSA) is 80.3 Å². The summed E-state index contributed by atoms with van der Waals surface area (Å²) in [5.41, 5.74) is 0. The summed E-state index contributed by atoms with van der Waals surface area (Å²) in [6.45, 7) is 3.43. The molecule has 0 aromatic carbocycles. The van der Waals surface area contributed by atoms with E-state index in [2.05, 4.69) is 5.32 Å². The van der Waals surface area contributed by atoms with E-state index < -0.39 is 24.4 Å².